The molecule has 94 valence electrons. The van der Waals surface area contributed by atoms with Gasteiger partial charge < -0.3 is 9.64 Å². The fraction of sp³-hybridized carbons (Fsp3) is 0.250. The lowest BCUT2D eigenvalue weighted by Gasteiger charge is -2.14. The molecule has 0 fully saturated rings. The number of ether oxygens (including phenoxy) is 1. The van der Waals surface area contributed by atoms with Gasteiger partial charge in [-0.1, -0.05) is 0 Å². The number of thiazole rings is 1. The van der Waals surface area contributed by atoms with Gasteiger partial charge in [-0.05, 0) is 19.1 Å². The third kappa shape index (κ3) is 2.33. The van der Waals surface area contributed by atoms with E-state index in [-0.39, 0.29) is 0 Å². The van der Waals surface area contributed by atoms with Crippen molar-refractivity contribution in [1.29, 1.82) is 0 Å². The van der Waals surface area contributed by atoms with Crippen LogP contribution < -0.4 is 4.90 Å². The number of aryl methyl sites for hydroxylation is 1. The van der Waals surface area contributed by atoms with Gasteiger partial charge in [0, 0.05) is 18.1 Å². The maximum atomic E-state index is 11.5. The van der Waals surface area contributed by atoms with Gasteiger partial charge in [-0.2, -0.15) is 0 Å². The number of aromatic nitrogens is 2. The molecule has 0 saturated heterocycles. The van der Waals surface area contributed by atoms with Crippen molar-refractivity contribution in [1.82, 2.24) is 9.97 Å². The van der Waals surface area contributed by atoms with Crippen LogP contribution in [0.3, 0.4) is 0 Å². The molecule has 0 radical (unpaired) electrons. The van der Waals surface area contributed by atoms with Crippen LogP contribution in [0.15, 0.2) is 24.5 Å². The Labute approximate surface area is 109 Å². The van der Waals surface area contributed by atoms with Gasteiger partial charge >= 0.3 is 5.97 Å². The summed E-state index contributed by atoms with van der Waals surface area (Å²) >= 11 is 1.45. The standard InChI is InChI=1S/C12H13N3O2S/c1-8-10(11(16)17-3)14-12(18-8)15(2)9-5-4-6-13-7-9/h4-7H,1-3H3. The Kier molecular flexibility index (Phi) is 3.57. The zero-order valence-electron chi connectivity index (χ0n) is 10.4. The van der Waals surface area contributed by atoms with Gasteiger partial charge in [0.05, 0.1) is 19.0 Å². The number of pyridine rings is 1. The normalized spacial score (nSPS) is 10.2. The van der Waals surface area contributed by atoms with Gasteiger partial charge in [-0.3, -0.25) is 4.98 Å². The Morgan fingerprint density at radius 1 is 1.50 bits per heavy atom. The number of hydrogen-bond acceptors (Lipinski definition) is 6. The second kappa shape index (κ2) is 5.14. The van der Waals surface area contributed by atoms with Crippen LogP contribution in [0.4, 0.5) is 10.8 Å². The molecule has 2 rings (SSSR count). The summed E-state index contributed by atoms with van der Waals surface area (Å²) < 4.78 is 4.69. The van der Waals surface area contributed by atoms with Crippen molar-refractivity contribution in [3.63, 3.8) is 0 Å². The van der Waals surface area contributed by atoms with E-state index in [2.05, 4.69) is 9.97 Å². The summed E-state index contributed by atoms with van der Waals surface area (Å²) in [6, 6.07) is 3.79. The quantitative estimate of drug-likeness (QED) is 0.796. The van der Waals surface area contributed by atoms with Crippen LogP contribution in [-0.4, -0.2) is 30.1 Å². The van der Waals surface area contributed by atoms with Crippen LogP contribution in [0.1, 0.15) is 15.4 Å². The molecule has 18 heavy (non-hydrogen) atoms. The highest BCUT2D eigenvalue weighted by molar-refractivity contribution is 7.15. The fourth-order valence-electron chi connectivity index (χ4n) is 1.47. The average Bonchev–Trinajstić information content (AvgIpc) is 2.80. The first kappa shape index (κ1) is 12.5. The Balaban J connectivity index is 2.32. The van der Waals surface area contributed by atoms with E-state index in [9.17, 15) is 4.79 Å². The van der Waals surface area contributed by atoms with Crippen molar-refractivity contribution in [2.45, 2.75) is 6.92 Å². The molecule has 2 aromatic rings. The Hall–Kier alpha value is -1.95. The lowest BCUT2D eigenvalue weighted by Crippen LogP contribution is -2.10. The number of carbonyl (C=O) groups excluding carboxylic acids is 1. The lowest BCUT2D eigenvalue weighted by molar-refractivity contribution is 0.0594. The Morgan fingerprint density at radius 3 is 2.89 bits per heavy atom. The van der Waals surface area contributed by atoms with Gasteiger partial charge in [0.1, 0.15) is 0 Å². The van der Waals surface area contributed by atoms with Crippen molar-refractivity contribution in [3.8, 4) is 0 Å². The van der Waals surface area contributed by atoms with Gasteiger partial charge in [0.15, 0.2) is 10.8 Å². The van der Waals surface area contributed by atoms with Gasteiger partial charge in [0.25, 0.3) is 0 Å². The van der Waals surface area contributed by atoms with Crippen LogP contribution in [-0.2, 0) is 4.74 Å². The molecule has 0 aromatic carbocycles. The molecule has 0 aliphatic carbocycles. The molecule has 0 aliphatic rings. The highest BCUT2D eigenvalue weighted by Gasteiger charge is 2.18. The molecular weight excluding hydrogens is 250 g/mol. The van der Waals surface area contributed by atoms with Crippen LogP contribution in [0.25, 0.3) is 0 Å². The van der Waals surface area contributed by atoms with Gasteiger partial charge in [-0.15, -0.1) is 11.3 Å². The van der Waals surface area contributed by atoms with Crippen molar-refractivity contribution in [3.05, 3.63) is 35.1 Å². The maximum absolute atomic E-state index is 11.5. The number of nitrogens with zero attached hydrogens (tertiary/aromatic N) is 3. The topological polar surface area (TPSA) is 55.3 Å². The third-order valence-corrected chi connectivity index (χ3v) is 3.53. The maximum Gasteiger partial charge on any atom is 0.357 e. The first-order valence-electron chi connectivity index (χ1n) is 5.33. The Morgan fingerprint density at radius 2 is 2.28 bits per heavy atom. The molecule has 5 nitrogen and oxygen atoms in total. The second-order valence-electron chi connectivity index (χ2n) is 3.66. The molecular formula is C12H13N3O2S. The number of methoxy groups -OCH3 is 1. The van der Waals surface area contributed by atoms with Crippen molar-refractivity contribution in [2.75, 3.05) is 19.1 Å². The van der Waals surface area contributed by atoms with E-state index in [1.807, 2.05) is 31.0 Å². The zero-order valence-corrected chi connectivity index (χ0v) is 11.2. The monoisotopic (exact) mass is 263 g/mol. The summed E-state index contributed by atoms with van der Waals surface area (Å²) in [6.45, 7) is 1.85. The smallest absolute Gasteiger partial charge is 0.357 e. The molecule has 0 N–H and O–H groups in total. The molecule has 0 atom stereocenters. The summed E-state index contributed by atoms with van der Waals surface area (Å²) in [5.74, 6) is -0.408. The summed E-state index contributed by atoms with van der Waals surface area (Å²) in [5, 5.41) is 0.737. The van der Waals surface area contributed by atoms with Crippen molar-refractivity contribution >= 4 is 28.1 Å². The third-order valence-electron chi connectivity index (χ3n) is 2.48. The number of carbonyl (C=O) groups is 1. The van der Waals surface area contributed by atoms with Gasteiger partial charge in [-0.25, -0.2) is 9.78 Å². The highest BCUT2D eigenvalue weighted by atomic mass is 32.1. The summed E-state index contributed by atoms with van der Waals surface area (Å²) in [6.07, 6.45) is 3.46. The predicted molar refractivity (Wildman–Crippen MR) is 70.5 cm³/mol. The highest BCUT2D eigenvalue weighted by Crippen LogP contribution is 2.29. The SMILES string of the molecule is COC(=O)c1nc(N(C)c2cccnc2)sc1C. The number of anilines is 2. The van der Waals surface area contributed by atoms with E-state index in [1.54, 1.807) is 12.4 Å². The minimum atomic E-state index is -0.408. The molecule has 0 amide bonds. The van der Waals surface area contributed by atoms with E-state index < -0.39 is 5.97 Å². The molecule has 0 spiro atoms. The average molecular weight is 263 g/mol. The number of esters is 1. The van der Waals surface area contributed by atoms with E-state index in [0.29, 0.717) is 5.69 Å². The lowest BCUT2D eigenvalue weighted by atomic mass is 10.4. The molecule has 0 aliphatic heterocycles. The fourth-order valence-corrected chi connectivity index (χ4v) is 2.35. The van der Waals surface area contributed by atoms with Crippen LogP contribution >= 0.6 is 11.3 Å². The molecule has 2 heterocycles. The summed E-state index contributed by atoms with van der Waals surface area (Å²) in [4.78, 5) is 22.6. The van der Waals surface area contributed by atoms with E-state index in [4.69, 9.17) is 4.74 Å². The first-order chi connectivity index (χ1) is 8.63. The Bertz CT molecular complexity index is 554. The molecule has 2 aromatic heterocycles. The van der Waals surface area contributed by atoms with Crippen molar-refractivity contribution < 1.29 is 9.53 Å². The molecule has 0 unspecified atom stereocenters. The zero-order chi connectivity index (χ0) is 13.1. The van der Waals surface area contributed by atoms with Crippen LogP contribution in [0.5, 0.6) is 0 Å². The summed E-state index contributed by atoms with van der Waals surface area (Å²) in [7, 11) is 3.24. The molecule has 0 bridgehead atoms. The van der Waals surface area contributed by atoms with E-state index in [0.717, 1.165) is 15.7 Å². The van der Waals surface area contributed by atoms with E-state index >= 15 is 0 Å². The van der Waals surface area contributed by atoms with E-state index in [1.165, 1.54) is 18.4 Å². The van der Waals surface area contributed by atoms with Gasteiger partial charge in [0.2, 0.25) is 0 Å². The molecule has 6 heteroatoms. The minimum absolute atomic E-state index is 0.369. The predicted octanol–water partition coefficient (Wildman–Crippen LogP) is 2.40. The first-order valence-corrected chi connectivity index (χ1v) is 6.14. The van der Waals surface area contributed by atoms with Crippen LogP contribution in [0.2, 0.25) is 0 Å². The number of hydrogen-bond donors (Lipinski definition) is 0. The molecule has 0 saturated carbocycles. The number of rotatable bonds is 3. The van der Waals surface area contributed by atoms with Crippen molar-refractivity contribution in [2.24, 2.45) is 0 Å². The minimum Gasteiger partial charge on any atom is -0.464 e. The van der Waals surface area contributed by atoms with Crippen LogP contribution in [0, 0.1) is 6.92 Å². The second-order valence-corrected chi connectivity index (χ2v) is 4.84. The summed E-state index contributed by atoms with van der Waals surface area (Å²) in [5.41, 5.74) is 1.29. The largest absolute Gasteiger partial charge is 0.464 e.